The number of likely N-dealkylation sites (tertiary alicyclic amines) is 1. The van der Waals surface area contributed by atoms with Crippen molar-refractivity contribution < 1.29 is 4.79 Å². The van der Waals surface area contributed by atoms with E-state index in [0.29, 0.717) is 5.91 Å². The van der Waals surface area contributed by atoms with Gasteiger partial charge in [0.1, 0.15) is 5.82 Å². The molecule has 1 atom stereocenters. The highest BCUT2D eigenvalue weighted by Gasteiger charge is 2.32. The maximum atomic E-state index is 12.6. The van der Waals surface area contributed by atoms with E-state index >= 15 is 0 Å². The number of aryl methyl sites for hydroxylation is 1. The molecule has 2 fully saturated rings. The fourth-order valence-electron chi connectivity index (χ4n) is 3.32. The van der Waals surface area contributed by atoms with Gasteiger partial charge in [0.25, 0.3) is 0 Å². The first-order valence-electron chi connectivity index (χ1n) is 8.11. The molecule has 1 aromatic heterocycles. The monoisotopic (exact) mass is 320 g/mol. The Bertz CT molecular complexity index is 545. The Morgan fingerprint density at radius 2 is 2.00 bits per heavy atom. The molecule has 0 radical (unpaired) electrons. The zero-order chi connectivity index (χ0) is 15.5. The lowest BCUT2D eigenvalue weighted by atomic mass is 10.0. The Labute approximate surface area is 136 Å². The lowest BCUT2D eigenvalue weighted by molar-refractivity contribution is -0.135. The molecule has 2 aliphatic heterocycles. The molecule has 3 rings (SSSR count). The number of piperidine rings is 1. The summed E-state index contributed by atoms with van der Waals surface area (Å²) < 4.78 is 0. The first-order chi connectivity index (χ1) is 10.7. The number of nitrogens with zero attached hydrogens (tertiary/aromatic N) is 4. The number of rotatable bonds is 3. The molecule has 120 valence electrons. The van der Waals surface area contributed by atoms with Crippen molar-refractivity contribution >= 4 is 23.5 Å². The summed E-state index contributed by atoms with van der Waals surface area (Å²) in [7, 11) is 0. The number of amides is 1. The lowest BCUT2D eigenvalue weighted by Gasteiger charge is -2.29. The third-order valence-corrected chi connectivity index (χ3v) is 5.08. The number of thioether (sulfide) groups is 1. The zero-order valence-corrected chi connectivity index (χ0v) is 14.2. The van der Waals surface area contributed by atoms with E-state index in [1.165, 1.54) is 6.42 Å². The van der Waals surface area contributed by atoms with E-state index in [9.17, 15) is 4.79 Å². The molecular formula is C16H24N4OS. The van der Waals surface area contributed by atoms with Crippen LogP contribution in [0, 0.1) is 12.8 Å². The molecule has 1 unspecified atom stereocenters. The lowest BCUT2D eigenvalue weighted by Crippen LogP contribution is -2.40. The molecule has 0 spiro atoms. The smallest absolute Gasteiger partial charge is 0.227 e. The Balaban J connectivity index is 1.66. The van der Waals surface area contributed by atoms with Crippen molar-refractivity contribution in [2.75, 3.05) is 37.3 Å². The van der Waals surface area contributed by atoms with E-state index in [-0.39, 0.29) is 5.92 Å². The topological polar surface area (TPSA) is 49.3 Å². The van der Waals surface area contributed by atoms with E-state index in [1.54, 1.807) is 11.8 Å². The molecule has 0 saturated carbocycles. The van der Waals surface area contributed by atoms with Gasteiger partial charge in [-0.2, -0.15) is 0 Å². The van der Waals surface area contributed by atoms with Crippen molar-refractivity contribution in [2.45, 2.75) is 37.8 Å². The summed E-state index contributed by atoms with van der Waals surface area (Å²) in [4.78, 5) is 25.9. The first kappa shape index (κ1) is 15.6. The van der Waals surface area contributed by atoms with Gasteiger partial charge in [0.05, 0.1) is 5.92 Å². The third-order valence-electron chi connectivity index (χ3n) is 4.53. The second kappa shape index (κ2) is 6.86. The molecule has 1 amide bonds. The molecule has 22 heavy (non-hydrogen) atoms. The van der Waals surface area contributed by atoms with Crippen molar-refractivity contribution in [1.29, 1.82) is 0 Å². The molecule has 5 nitrogen and oxygen atoms in total. The summed E-state index contributed by atoms with van der Waals surface area (Å²) in [6.45, 7) is 5.59. The van der Waals surface area contributed by atoms with Crippen molar-refractivity contribution in [1.82, 2.24) is 14.9 Å². The molecule has 1 aromatic rings. The Morgan fingerprint density at radius 1 is 1.23 bits per heavy atom. The van der Waals surface area contributed by atoms with Crippen LogP contribution in [0.25, 0.3) is 0 Å². The zero-order valence-electron chi connectivity index (χ0n) is 13.4. The van der Waals surface area contributed by atoms with Gasteiger partial charge in [0.2, 0.25) is 5.91 Å². The number of hydrogen-bond donors (Lipinski definition) is 0. The molecule has 0 aliphatic carbocycles. The van der Waals surface area contributed by atoms with E-state index in [0.717, 1.165) is 62.1 Å². The highest BCUT2D eigenvalue weighted by atomic mass is 32.2. The summed E-state index contributed by atoms with van der Waals surface area (Å²) in [5, 5.41) is 0.806. The van der Waals surface area contributed by atoms with Crippen LogP contribution in [-0.2, 0) is 4.79 Å². The second-order valence-electron chi connectivity index (χ2n) is 6.17. The van der Waals surface area contributed by atoms with Crippen molar-refractivity contribution in [3.8, 4) is 0 Å². The van der Waals surface area contributed by atoms with E-state index in [2.05, 4.69) is 19.8 Å². The number of aromatic nitrogens is 2. The standard InChI is InChI=1S/C16H24N4OS/c1-12-10-14(18-16(17-12)22-2)20-9-6-13(11-20)15(21)19-7-4-3-5-8-19/h10,13H,3-9,11H2,1-2H3. The van der Waals surface area contributed by atoms with Crippen molar-refractivity contribution in [3.05, 3.63) is 11.8 Å². The van der Waals surface area contributed by atoms with Crippen LogP contribution in [0.4, 0.5) is 5.82 Å². The van der Waals surface area contributed by atoms with Gasteiger partial charge < -0.3 is 9.80 Å². The average Bonchev–Trinajstić information content (AvgIpc) is 3.04. The number of anilines is 1. The fourth-order valence-corrected chi connectivity index (χ4v) is 3.74. The highest BCUT2D eigenvalue weighted by Crippen LogP contribution is 2.26. The Hall–Kier alpha value is -1.30. The summed E-state index contributed by atoms with van der Waals surface area (Å²) >= 11 is 1.56. The SMILES string of the molecule is CSc1nc(C)cc(N2CCC(C(=O)N3CCCCC3)C2)n1. The average molecular weight is 320 g/mol. The quantitative estimate of drug-likeness (QED) is 0.632. The molecule has 3 heterocycles. The van der Waals surface area contributed by atoms with Crippen LogP contribution >= 0.6 is 11.8 Å². The van der Waals surface area contributed by atoms with Gasteiger partial charge in [-0.3, -0.25) is 4.79 Å². The van der Waals surface area contributed by atoms with Crippen LogP contribution in [0.15, 0.2) is 11.2 Å². The van der Waals surface area contributed by atoms with Crippen LogP contribution in [-0.4, -0.2) is 53.2 Å². The van der Waals surface area contributed by atoms with Crippen LogP contribution < -0.4 is 4.90 Å². The summed E-state index contributed by atoms with van der Waals surface area (Å²) in [5.74, 6) is 1.44. The maximum absolute atomic E-state index is 12.6. The predicted octanol–water partition coefficient (Wildman–Crippen LogP) is 2.35. The Morgan fingerprint density at radius 3 is 2.73 bits per heavy atom. The van der Waals surface area contributed by atoms with Crippen molar-refractivity contribution in [2.24, 2.45) is 5.92 Å². The van der Waals surface area contributed by atoms with Gasteiger partial charge in [-0.1, -0.05) is 11.8 Å². The van der Waals surface area contributed by atoms with Gasteiger partial charge in [-0.25, -0.2) is 9.97 Å². The van der Waals surface area contributed by atoms with E-state index in [4.69, 9.17) is 0 Å². The minimum Gasteiger partial charge on any atom is -0.356 e. The van der Waals surface area contributed by atoms with Crippen molar-refractivity contribution in [3.63, 3.8) is 0 Å². The van der Waals surface area contributed by atoms with Gasteiger partial charge in [-0.05, 0) is 38.9 Å². The molecule has 0 aromatic carbocycles. The molecule has 0 N–H and O–H groups in total. The third kappa shape index (κ3) is 3.37. The van der Waals surface area contributed by atoms with Crippen LogP contribution in [0.1, 0.15) is 31.4 Å². The second-order valence-corrected chi connectivity index (χ2v) is 6.95. The minimum absolute atomic E-state index is 0.131. The number of carbonyl (C=O) groups excluding carboxylic acids is 1. The minimum atomic E-state index is 0.131. The van der Waals surface area contributed by atoms with Crippen LogP contribution in [0.2, 0.25) is 0 Å². The normalized spacial score (nSPS) is 22.2. The Kier molecular flexibility index (Phi) is 4.86. The first-order valence-corrected chi connectivity index (χ1v) is 9.33. The summed E-state index contributed by atoms with van der Waals surface area (Å²) in [6.07, 6.45) is 6.51. The molecular weight excluding hydrogens is 296 g/mol. The molecule has 2 aliphatic rings. The van der Waals surface area contributed by atoms with E-state index in [1.807, 2.05) is 19.2 Å². The highest BCUT2D eigenvalue weighted by molar-refractivity contribution is 7.98. The fraction of sp³-hybridized carbons (Fsp3) is 0.688. The van der Waals surface area contributed by atoms with Gasteiger partial charge in [0.15, 0.2) is 5.16 Å². The van der Waals surface area contributed by atoms with Crippen LogP contribution in [0.3, 0.4) is 0 Å². The molecule has 0 bridgehead atoms. The molecule has 6 heteroatoms. The van der Waals surface area contributed by atoms with Crippen LogP contribution in [0.5, 0.6) is 0 Å². The van der Waals surface area contributed by atoms with Gasteiger partial charge in [-0.15, -0.1) is 0 Å². The summed E-state index contributed by atoms with van der Waals surface area (Å²) in [5.41, 5.74) is 0.986. The number of hydrogen-bond acceptors (Lipinski definition) is 5. The predicted molar refractivity (Wildman–Crippen MR) is 89.3 cm³/mol. The van der Waals surface area contributed by atoms with E-state index < -0.39 is 0 Å². The van der Waals surface area contributed by atoms with Gasteiger partial charge in [0, 0.05) is 37.9 Å². The largest absolute Gasteiger partial charge is 0.356 e. The molecule has 2 saturated heterocycles. The van der Waals surface area contributed by atoms with Gasteiger partial charge >= 0.3 is 0 Å². The maximum Gasteiger partial charge on any atom is 0.227 e. The summed E-state index contributed by atoms with van der Waals surface area (Å²) in [6, 6.07) is 2.02. The number of carbonyl (C=O) groups is 1.